The van der Waals surface area contributed by atoms with E-state index in [0.29, 0.717) is 13.2 Å². The van der Waals surface area contributed by atoms with Crippen LogP contribution in [-0.2, 0) is 9.53 Å². The predicted octanol–water partition coefficient (Wildman–Crippen LogP) is 1.50. The van der Waals surface area contributed by atoms with E-state index < -0.39 is 5.97 Å². The minimum absolute atomic E-state index is 0.00932. The molecule has 114 valence electrons. The van der Waals surface area contributed by atoms with Crippen molar-refractivity contribution in [1.29, 1.82) is 0 Å². The van der Waals surface area contributed by atoms with Crippen molar-refractivity contribution in [3.63, 3.8) is 0 Å². The SMILES string of the molecule is CC1OCCC1(C)NC(=O)NCC1(CC(=O)O)CCC1. The summed E-state index contributed by atoms with van der Waals surface area (Å²) in [6.07, 6.45) is 3.70. The van der Waals surface area contributed by atoms with Crippen LogP contribution >= 0.6 is 0 Å². The standard InChI is InChI=1S/C14H24N2O4/c1-10-13(2,6-7-20-10)16-12(19)15-9-14(4-3-5-14)8-11(17)18/h10H,3-9H2,1-2H3,(H,17,18)(H2,15,16,19). The second-order valence-electron chi connectivity index (χ2n) is 6.41. The number of carboxylic acids is 1. The number of rotatable bonds is 5. The van der Waals surface area contributed by atoms with E-state index in [4.69, 9.17) is 9.84 Å². The van der Waals surface area contributed by atoms with E-state index in [1.54, 1.807) is 0 Å². The molecule has 1 heterocycles. The van der Waals surface area contributed by atoms with E-state index in [1.807, 2.05) is 13.8 Å². The molecule has 2 rings (SSSR count). The molecule has 20 heavy (non-hydrogen) atoms. The number of aliphatic carboxylic acids is 1. The Morgan fingerprint density at radius 3 is 2.50 bits per heavy atom. The molecule has 6 heteroatoms. The lowest BCUT2D eigenvalue weighted by Gasteiger charge is -2.41. The lowest BCUT2D eigenvalue weighted by atomic mass is 9.66. The van der Waals surface area contributed by atoms with E-state index in [9.17, 15) is 9.59 Å². The summed E-state index contributed by atoms with van der Waals surface area (Å²) in [5.41, 5.74) is -0.592. The number of hydrogen-bond donors (Lipinski definition) is 3. The van der Waals surface area contributed by atoms with Gasteiger partial charge in [0.05, 0.1) is 18.1 Å². The molecular weight excluding hydrogens is 260 g/mol. The molecular formula is C14H24N2O4. The average molecular weight is 284 g/mol. The Labute approximate surface area is 119 Å². The van der Waals surface area contributed by atoms with Crippen LogP contribution in [0.2, 0.25) is 0 Å². The van der Waals surface area contributed by atoms with Gasteiger partial charge in [-0.15, -0.1) is 0 Å². The highest BCUT2D eigenvalue weighted by Crippen LogP contribution is 2.43. The van der Waals surface area contributed by atoms with Crippen LogP contribution < -0.4 is 10.6 Å². The summed E-state index contributed by atoms with van der Waals surface area (Å²) in [6.45, 7) is 5.00. The van der Waals surface area contributed by atoms with Gasteiger partial charge >= 0.3 is 12.0 Å². The molecule has 0 aromatic rings. The zero-order valence-corrected chi connectivity index (χ0v) is 12.2. The number of carbonyl (C=O) groups excluding carboxylic acids is 1. The minimum atomic E-state index is -0.795. The Morgan fingerprint density at radius 1 is 1.35 bits per heavy atom. The number of hydrogen-bond acceptors (Lipinski definition) is 3. The Balaban J connectivity index is 1.81. The van der Waals surface area contributed by atoms with Crippen molar-refractivity contribution >= 4 is 12.0 Å². The third kappa shape index (κ3) is 3.23. The van der Waals surface area contributed by atoms with Crippen molar-refractivity contribution < 1.29 is 19.4 Å². The van der Waals surface area contributed by atoms with E-state index >= 15 is 0 Å². The van der Waals surface area contributed by atoms with Gasteiger partial charge in [-0.3, -0.25) is 4.79 Å². The normalized spacial score (nSPS) is 31.4. The third-order valence-electron chi connectivity index (χ3n) is 4.85. The molecule has 1 saturated carbocycles. The first kappa shape index (κ1) is 15.1. The Hall–Kier alpha value is -1.30. The number of amides is 2. The monoisotopic (exact) mass is 284 g/mol. The maximum Gasteiger partial charge on any atom is 0.315 e. The maximum atomic E-state index is 12.0. The number of carbonyl (C=O) groups is 2. The van der Waals surface area contributed by atoms with Gasteiger partial charge in [0.1, 0.15) is 0 Å². The third-order valence-corrected chi connectivity index (χ3v) is 4.85. The Kier molecular flexibility index (Phi) is 4.22. The minimum Gasteiger partial charge on any atom is -0.481 e. The summed E-state index contributed by atoms with van der Waals surface area (Å²) < 4.78 is 5.48. The summed E-state index contributed by atoms with van der Waals surface area (Å²) in [5, 5.41) is 14.7. The molecule has 1 aliphatic carbocycles. The zero-order valence-electron chi connectivity index (χ0n) is 12.2. The number of carboxylic acid groups (broad SMARTS) is 1. The lowest BCUT2D eigenvalue weighted by Crippen LogP contribution is -2.55. The molecule has 2 fully saturated rings. The Morgan fingerprint density at radius 2 is 2.05 bits per heavy atom. The second-order valence-corrected chi connectivity index (χ2v) is 6.41. The second kappa shape index (κ2) is 5.60. The smallest absolute Gasteiger partial charge is 0.315 e. The van der Waals surface area contributed by atoms with Crippen molar-refractivity contribution in [2.24, 2.45) is 5.41 Å². The predicted molar refractivity (Wildman–Crippen MR) is 73.5 cm³/mol. The van der Waals surface area contributed by atoms with Crippen LogP contribution in [-0.4, -0.2) is 41.9 Å². The van der Waals surface area contributed by atoms with E-state index in [2.05, 4.69) is 10.6 Å². The van der Waals surface area contributed by atoms with E-state index in [0.717, 1.165) is 25.7 Å². The largest absolute Gasteiger partial charge is 0.481 e. The first-order valence-corrected chi connectivity index (χ1v) is 7.25. The number of ether oxygens (including phenoxy) is 1. The van der Waals surface area contributed by atoms with Crippen molar-refractivity contribution in [3.8, 4) is 0 Å². The molecule has 0 radical (unpaired) electrons. The van der Waals surface area contributed by atoms with Crippen molar-refractivity contribution in [2.45, 2.75) is 57.6 Å². The van der Waals surface area contributed by atoms with Crippen molar-refractivity contribution in [1.82, 2.24) is 10.6 Å². The van der Waals surface area contributed by atoms with Crippen molar-refractivity contribution in [3.05, 3.63) is 0 Å². The fourth-order valence-corrected chi connectivity index (χ4v) is 2.98. The summed E-state index contributed by atoms with van der Waals surface area (Å²) in [6, 6.07) is -0.235. The molecule has 1 saturated heterocycles. The van der Waals surface area contributed by atoms with Gasteiger partial charge in [0.25, 0.3) is 0 Å². The highest BCUT2D eigenvalue weighted by Gasteiger charge is 2.41. The molecule has 2 unspecified atom stereocenters. The van der Waals surface area contributed by atoms with Crippen LogP contribution in [0.25, 0.3) is 0 Å². The molecule has 1 aliphatic heterocycles. The lowest BCUT2D eigenvalue weighted by molar-refractivity contribution is -0.141. The highest BCUT2D eigenvalue weighted by molar-refractivity contribution is 5.75. The van der Waals surface area contributed by atoms with Gasteiger partial charge in [-0.2, -0.15) is 0 Å². The van der Waals surface area contributed by atoms with Crippen LogP contribution in [0.15, 0.2) is 0 Å². The zero-order chi connectivity index (χ0) is 14.8. The molecule has 0 aromatic carbocycles. The van der Waals surface area contributed by atoms with Gasteiger partial charge in [-0.05, 0) is 38.5 Å². The average Bonchev–Trinajstić information content (AvgIpc) is 2.62. The first-order valence-electron chi connectivity index (χ1n) is 7.25. The first-order chi connectivity index (χ1) is 9.35. The van der Waals surface area contributed by atoms with Crippen molar-refractivity contribution in [2.75, 3.05) is 13.2 Å². The quantitative estimate of drug-likeness (QED) is 0.714. The Bertz CT molecular complexity index is 395. The van der Waals surface area contributed by atoms with Crippen LogP contribution in [0.4, 0.5) is 4.79 Å². The molecule has 0 aromatic heterocycles. The van der Waals surface area contributed by atoms with Crippen LogP contribution in [0.3, 0.4) is 0 Å². The fourth-order valence-electron chi connectivity index (χ4n) is 2.98. The summed E-state index contributed by atoms with van der Waals surface area (Å²) in [7, 11) is 0. The molecule has 0 spiro atoms. The van der Waals surface area contributed by atoms with Gasteiger partial charge in [0.2, 0.25) is 0 Å². The fraction of sp³-hybridized carbons (Fsp3) is 0.857. The molecule has 2 aliphatic rings. The molecule has 6 nitrogen and oxygen atoms in total. The van der Waals surface area contributed by atoms with Gasteiger partial charge in [-0.1, -0.05) is 6.42 Å². The molecule has 0 bridgehead atoms. The molecule has 2 atom stereocenters. The van der Waals surface area contributed by atoms with Gasteiger partial charge < -0.3 is 20.5 Å². The topological polar surface area (TPSA) is 87.7 Å². The van der Waals surface area contributed by atoms with Crippen LogP contribution in [0.5, 0.6) is 0 Å². The summed E-state index contributed by atoms with van der Waals surface area (Å²) in [4.78, 5) is 22.9. The number of nitrogens with one attached hydrogen (secondary N) is 2. The maximum absolute atomic E-state index is 12.0. The number of urea groups is 1. The summed E-state index contributed by atoms with van der Waals surface area (Å²) in [5.74, 6) is -0.795. The summed E-state index contributed by atoms with van der Waals surface area (Å²) >= 11 is 0. The van der Waals surface area contributed by atoms with Gasteiger partial charge in [0.15, 0.2) is 0 Å². The van der Waals surface area contributed by atoms with E-state index in [-0.39, 0.29) is 29.5 Å². The molecule has 3 N–H and O–H groups in total. The highest BCUT2D eigenvalue weighted by atomic mass is 16.5. The van der Waals surface area contributed by atoms with E-state index in [1.165, 1.54) is 0 Å². The molecule has 2 amide bonds. The van der Waals surface area contributed by atoms with Crippen LogP contribution in [0.1, 0.15) is 46.0 Å². The van der Waals surface area contributed by atoms with Gasteiger partial charge in [0, 0.05) is 13.2 Å². The van der Waals surface area contributed by atoms with Gasteiger partial charge in [-0.25, -0.2) is 4.79 Å². The van der Waals surface area contributed by atoms with Crippen LogP contribution in [0, 0.1) is 5.41 Å².